The fourth-order valence-corrected chi connectivity index (χ4v) is 3.73. The van der Waals surface area contributed by atoms with Gasteiger partial charge in [-0.15, -0.1) is 0 Å². The first-order valence-electron chi connectivity index (χ1n) is 9.79. The zero-order valence-electron chi connectivity index (χ0n) is 16.6. The Balaban J connectivity index is 1.40. The summed E-state index contributed by atoms with van der Waals surface area (Å²) in [5, 5.41) is 18.6. The maximum atomic E-state index is 12.4. The van der Waals surface area contributed by atoms with E-state index in [2.05, 4.69) is 0 Å². The predicted octanol–water partition coefficient (Wildman–Crippen LogP) is 3.03. The van der Waals surface area contributed by atoms with E-state index in [0.717, 1.165) is 5.56 Å². The zero-order chi connectivity index (χ0) is 22.0. The van der Waals surface area contributed by atoms with Crippen LogP contribution in [0, 0.1) is 0 Å². The van der Waals surface area contributed by atoms with Gasteiger partial charge in [-0.2, -0.15) is 0 Å². The summed E-state index contributed by atoms with van der Waals surface area (Å²) >= 11 is 0. The number of carboxylic acid groups (broad SMARTS) is 2. The molecule has 1 fully saturated rings. The third-order valence-corrected chi connectivity index (χ3v) is 5.50. The summed E-state index contributed by atoms with van der Waals surface area (Å²) in [7, 11) is 0. The number of rotatable bonds is 4. The molecule has 0 aliphatic carbocycles. The van der Waals surface area contributed by atoms with Crippen LogP contribution >= 0.6 is 0 Å². The third-order valence-electron chi connectivity index (χ3n) is 5.50. The molecule has 0 unspecified atom stereocenters. The fraction of sp³-hybridized carbons (Fsp3) is 0.318. The molecule has 2 aliphatic heterocycles. The highest BCUT2D eigenvalue weighted by Gasteiger charge is 2.43. The molecule has 0 atom stereocenters. The van der Waals surface area contributed by atoms with Crippen LogP contribution in [-0.4, -0.2) is 58.4 Å². The predicted molar refractivity (Wildman–Crippen MR) is 107 cm³/mol. The molecule has 9 nitrogen and oxygen atoms in total. The molecule has 2 aromatic rings. The number of benzene rings is 2. The summed E-state index contributed by atoms with van der Waals surface area (Å²) < 4.78 is 17.2. The normalized spacial score (nSPS) is 16.6. The average molecular weight is 427 g/mol. The summed E-state index contributed by atoms with van der Waals surface area (Å²) in [6, 6.07) is 11.8. The van der Waals surface area contributed by atoms with Gasteiger partial charge in [0.25, 0.3) is 0 Å². The molecule has 2 aromatic carbocycles. The van der Waals surface area contributed by atoms with E-state index in [1.807, 2.05) is 30.3 Å². The smallest absolute Gasteiger partial charge is 0.410 e. The van der Waals surface area contributed by atoms with Crippen LogP contribution < -0.4 is 9.47 Å². The molecule has 162 valence electrons. The lowest BCUT2D eigenvalue weighted by atomic mass is 9.91. The number of carbonyl (C=O) groups excluding carboxylic acids is 1. The average Bonchev–Trinajstić information content (AvgIpc) is 2.77. The van der Waals surface area contributed by atoms with Crippen molar-refractivity contribution in [2.24, 2.45) is 0 Å². The lowest BCUT2D eigenvalue weighted by molar-refractivity contribution is -0.0508. The maximum Gasteiger partial charge on any atom is 0.410 e. The molecule has 0 saturated carbocycles. The van der Waals surface area contributed by atoms with Crippen molar-refractivity contribution < 1.29 is 38.8 Å². The number of fused-ring (bicyclic) bond motifs is 1. The number of amides is 1. The van der Waals surface area contributed by atoms with Gasteiger partial charge in [-0.25, -0.2) is 14.4 Å². The number of nitrogens with zero attached hydrogens (tertiary/aromatic N) is 1. The summed E-state index contributed by atoms with van der Waals surface area (Å²) in [6.07, 6.45) is 0.529. The number of carbonyl (C=O) groups is 3. The molecule has 0 aromatic heterocycles. The standard InChI is InChI=1S/C22H21NO8/c24-19(25)15-10-17-18(11-16(15)20(26)27)31-22(13-30-17)6-8-23(9-7-22)21(28)29-12-14-4-2-1-3-5-14/h1-5,10-11H,6-9,12-13H2,(H,24,25)(H,26,27). The van der Waals surface area contributed by atoms with Crippen molar-refractivity contribution >= 4 is 18.0 Å². The van der Waals surface area contributed by atoms with Crippen LogP contribution in [0.15, 0.2) is 42.5 Å². The van der Waals surface area contributed by atoms with Crippen LogP contribution in [-0.2, 0) is 11.3 Å². The number of aromatic carboxylic acids is 2. The van der Waals surface area contributed by atoms with E-state index in [-0.39, 0.29) is 35.8 Å². The number of carboxylic acids is 2. The number of ether oxygens (including phenoxy) is 3. The first-order valence-corrected chi connectivity index (χ1v) is 9.79. The van der Waals surface area contributed by atoms with E-state index in [0.29, 0.717) is 25.9 Å². The van der Waals surface area contributed by atoms with Crippen molar-refractivity contribution in [3.8, 4) is 11.5 Å². The second-order valence-electron chi connectivity index (χ2n) is 7.56. The Hall–Kier alpha value is -3.75. The van der Waals surface area contributed by atoms with Crippen molar-refractivity contribution in [1.82, 2.24) is 4.90 Å². The van der Waals surface area contributed by atoms with Crippen LogP contribution in [0.1, 0.15) is 39.1 Å². The Morgan fingerprint density at radius 2 is 1.58 bits per heavy atom. The van der Waals surface area contributed by atoms with Gasteiger partial charge in [-0.3, -0.25) is 0 Å². The Morgan fingerprint density at radius 3 is 2.19 bits per heavy atom. The minimum absolute atomic E-state index is 0.179. The number of hydrogen-bond donors (Lipinski definition) is 2. The second kappa shape index (κ2) is 8.17. The van der Waals surface area contributed by atoms with Crippen LogP contribution in [0.2, 0.25) is 0 Å². The third kappa shape index (κ3) is 4.25. The van der Waals surface area contributed by atoms with Crippen molar-refractivity contribution in [3.05, 3.63) is 59.2 Å². The molecule has 31 heavy (non-hydrogen) atoms. The Labute approximate surface area is 177 Å². The SMILES string of the molecule is O=C(O)c1cc2c(cc1C(=O)O)OC1(CCN(C(=O)OCc3ccccc3)CC1)CO2. The topological polar surface area (TPSA) is 123 Å². The van der Waals surface area contributed by atoms with Crippen LogP contribution in [0.25, 0.3) is 0 Å². The second-order valence-corrected chi connectivity index (χ2v) is 7.56. The van der Waals surface area contributed by atoms with Gasteiger partial charge in [-0.1, -0.05) is 30.3 Å². The summed E-state index contributed by atoms with van der Waals surface area (Å²) in [4.78, 5) is 36.8. The highest BCUT2D eigenvalue weighted by Crippen LogP contribution is 2.41. The first-order chi connectivity index (χ1) is 14.9. The molecule has 2 heterocycles. The van der Waals surface area contributed by atoms with Crippen LogP contribution in [0.4, 0.5) is 4.79 Å². The summed E-state index contributed by atoms with van der Waals surface area (Å²) in [6.45, 7) is 1.16. The molecule has 2 N–H and O–H groups in total. The van der Waals surface area contributed by atoms with Gasteiger partial charge in [0.1, 0.15) is 18.8 Å². The fourth-order valence-electron chi connectivity index (χ4n) is 3.73. The van der Waals surface area contributed by atoms with Gasteiger partial charge in [0.15, 0.2) is 11.5 Å². The maximum absolute atomic E-state index is 12.4. The molecule has 2 aliphatic rings. The van der Waals surface area contributed by atoms with Crippen molar-refractivity contribution in [2.45, 2.75) is 25.0 Å². The molecule has 4 rings (SSSR count). The van der Waals surface area contributed by atoms with E-state index in [1.165, 1.54) is 12.1 Å². The minimum Gasteiger partial charge on any atom is -0.485 e. The monoisotopic (exact) mass is 427 g/mol. The molecule has 1 amide bonds. The van der Waals surface area contributed by atoms with Gasteiger partial charge in [-0.05, 0) is 17.7 Å². The summed E-state index contributed by atoms with van der Waals surface area (Å²) in [5.74, 6) is -2.34. The molecular weight excluding hydrogens is 406 g/mol. The molecule has 1 spiro atoms. The van der Waals surface area contributed by atoms with Gasteiger partial charge >= 0.3 is 18.0 Å². The number of likely N-dealkylation sites (tertiary alicyclic amines) is 1. The first kappa shape index (κ1) is 20.5. The van der Waals surface area contributed by atoms with E-state index in [1.54, 1.807) is 4.90 Å². The van der Waals surface area contributed by atoms with E-state index in [9.17, 15) is 24.6 Å². The number of hydrogen-bond acceptors (Lipinski definition) is 6. The van der Waals surface area contributed by atoms with E-state index >= 15 is 0 Å². The van der Waals surface area contributed by atoms with Crippen molar-refractivity contribution in [2.75, 3.05) is 19.7 Å². The van der Waals surface area contributed by atoms with E-state index < -0.39 is 23.6 Å². The minimum atomic E-state index is -1.36. The van der Waals surface area contributed by atoms with Crippen LogP contribution in [0.5, 0.6) is 11.5 Å². The Kier molecular flexibility index (Phi) is 5.41. The zero-order valence-corrected chi connectivity index (χ0v) is 16.6. The molecule has 9 heteroatoms. The van der Waals surface area contributed by atoms with Gasteiger partial charge < -0.3 is 29.3 Å². The van der Waals surface area contributed by atoms with E-state index in [4.69, 9.17) is 14.2 Å². The molecule has 0 bridgehead atoms. The van der Waals surface area contributed by atoms with Crippen LogP contribution in [0.3, 0.4) is 0 Å². The lowest BCUT2D eigenvalue weighted by Crippen LogP contribution is -2.54. The Morgan fingerprint density at radius 1 is 0.968 bits per heavy atom. The number of piperidine rings is 1. The molecular formula is C22H21NO8. The highest BCUT2D eigenvalue weighted by atomic mass is 16.6. The lowest BCUT2D eigenvalue weighted by Gasteiger charge is -2.43. The van der Waals surface area contributed by atoms with Gasteiger partial charge in [0.05, 0.1) is 11.1 Å². The molecule has 1 saturated heterocycles. The van der Waals surface area contributed by atoms with Gasteiger partial charge in [0, 0.05) is 25.9 Å². The van der Waals surface area contributed by atoms with Crippen molar-refractivity contribution in [1.29, 1.82) is 0 Å². The highest BCUT2D eigenvalue weighted by molar-refractivity contribution is 6.02. The molecule has 0 radical (unpaired) electrons. The quantitative estimate of drug-likeness (QED) is 0.763. The largest absolute Gasteiger partial charge is 0.485 e. The van der Waals surface area contributed by atoms with Crippen molar-refractivity contribution in [3.63, 3.8) is 0 Å². The summed E-state index contributed by atoms with van der Waals surface area (Å²) in [5.41, 5.74) is -0.542. The van der Waals surface area contributed by atoms with Gasteiger partial charge in [0.2, 0.25) is 0 Å². The Bertz CT molecular complexity index is 1010.